The van der Waals surface area contributed by atoms with E-state index in [9.17, 15) is 9.18 Å². The highest BCUT2D eigenvalue weighted by atomic mass is 19.1. The molecule has 2 nitrogen and oxygen atoms in total. The zero-order chi connectivity index (χ0) is 9.56. The van der Waals surface area contributed by atoms with Gasteiger partial charge in [-0.3, -0.25) is 4.79 Å². The monoisotopic (exact) mass is 169 g/mol. The van der Waals surface area contributed by atoms with Gasteiger partial charge in [0, 0.05) is 6.92 Å². The number of carbonyl (C=O) groups is 1. The average Bonchev–Trinajstić information content (AvgIpc) is 2.08. The molecule has 66 valence electrons. The summed E-state index contributed by atoms with van der Waals surface area (Å²) in [5.41, 5.74) is 0.167. The van der Waals surface area contributed by atoms with Gasteiger partial charge < -0.3 is 0 Å². The molecule has 0 aliphatic heterocycles. The van der Waals surface area contributed by atoms with Gasteiger partial charge in [-0.25, -0.2) is 4.98 Å². The number of pyridine rings is 1. The molecular weight excluding hydrogens is 157 g/mol. The SMILES string of the molecule is CC.CC(=O)c1cccc(F)n1. The van der Waals surface area contributed by atoms with E-state index in [1.165, 1.54) is 25.1 Å². The van der Waals surface area contributed by atoms with Gasteiger partial charge in [-0.2, -0.15) is 4.39 Å². The summed E-state index contributed by atoms with van der Waals surface area (Å²) in [6, 6.07) is 4.14. The maximum atomic E-state index is 12.3. The number of aromatic nitrogens is 1. The third-order valence-corrected chi connectivity index (χ3v) is 1.08. The summed E-state index contributed by atoms with van der Waals surface area (Å²) >= 11 is 0. The first-order valence-electron chi connectivity index (χ1n) is 3.83. The van der Waals surface area contributed by atoms with Crippen LogP contribution in [0.15, 0.2) is 18.2 Å². The molecule has 1 aromatic heterocycles. The lowest BCUT2D eigenvalue weighted by Gasteiger charge is -1.91. The highest BCUT2D eigenvalue weighted by Crippen LogP contribution is 1.97. The van der Waals surface area contributed by atoms with Crippen LogP contribution in [0.1, 0.15) is 31.3 Å². The van der Waals surface area contributed by atoms with Crippen LogP contribution in [0.25, 0.3) is 0 Å². The van der Waals surface area contributed by atoms with E-state index in [1.54, 1.807) is 0 Å². The summed E-state index contributed by atoms with van der Waals surface area (Å²) in [5.74, 6) is -0.841. The fraction of sp³-hybridized carbons (Fsp3) is 0.333. The van der Waals surface area contributed by atoms with E-state index in [0.717, 1.165) is 0 Å². The summed E-state index contributed by atoms with van der Waals surface area (Å²) in [4.78, 5) is 13.9. The minimum Gasteiger partial charge on any atom is -0.293 e. The minimum atomic E-state index is -0.618. The van der Waals surface area contributed by atoms with E-state index in [-0.39, 0.29) is 11.5 Å². The third-order valence-electron chi connectivity index (χ3n) is 1.08. The van der Waals surface area contributed by atoms with Crippen molar-refractivity contribution in [2.24, 2.45) is 0 Å². The molecule has 12 heavy (non-hydrogen) atoms. The van der Waals surface area contributed by atoms with Crippen LogP contribution in [0.4, 0.5) is 4.39 Å². The average molecular weight is 169 g/mol. The Morgan fingerprint density at radius 3 is 2.33 bits per heavy atom. The summed E-state index contributed by atoms with van der Waals surface area (Å²) in [7, 11) is 0. The second kappa shape index (κ2) is 5.41. The van der Waals surface area contributed by atoms with Gasteiger partial charge in [-0.15, -0.1) is 0 Å². The second-order valence-electron chi connectivity index (χ2n) is 1.90. The smallest absolute Gasteiger partial charge is 0.213 e. The minimum absolute atomic E-state index is 0.167. The van der Waals surface area contributed by atoms with E-state index in [0.29, 0.717) is 0 Å². The molecule has 0 saturated heterocycles. The standard InChI is InChI=1S/C7H6FNO.C2H6/c1-5(10)6-3-2-4-7(8)9-6;1-2/h2-4H,1H3;1-2H3. The Morgan fingerprint density at radius 2 is 2.00 bits per heavy atom. The van der Waals surface area contributed by atoms with E-state index < -0.39 is 5.95 Å². The lowest BCUT2D eigenvalue weighted by molar-refractivity contribution is 0.101. The van der Waals surface area contributed by atoms with Crippen molar-refractivity contribution >= 4 is 5.78 Å². The van der Waals surface area contributed by atoms with Gasteiger partial charge in [-0.1, -0.05) is 19.9 Å². The summed E-state index contributed by atoms with van der Waals surface area (Å²) in [6.45, 7) is 5.35. The first kappa shape index (κ1) is 10.8. The molecule has 0 saturated carbocycles. The quantitative estimate of drug-likeness (QED) is 0.477. The van der Waals surface area contributed by atoms with Crippen LogP contribution in [-0.4, -0.2) is 10.8 Å². The van der Waals surface area contributed by atoms with Crippen molar-refractivity contribution in [2.75, 3.05) is 0 Å². The van der Waals surface area contributed by atoms with E-state index >= 15 is 0 Å². The molecule has 0 aliphatic carbocycles. The Kier molecular flexibility index (Phi) is 4.84. The molecule has 0 spiro atoms. The summed E-state index contributed by atoms with van der Waals surface area (Å²) in [6.07, 6.45) is 0. The number of halogens is 1. The molecule has 1 aromatic rings. The topological polar surface area (TPSA) is 30.0 Å². The number of hydrogen-bond donors (Lipinski definition) is 0. The van der Waals surface area contributed by atoms with Crippen LogP contribution < -0.4 is 0 Å². The maximum Gasteiger partial charge on any atom is 0.213 e. The molecule has 0 atom stereocenters. The second-order valence-corrected chi connectivity index (χ2v) is 1.90. The Morgan fingerprint density at radius 1 is 1.42 bits per heavy atom. The van der Waals surface area contributed by atoms with Gasteiger partial charge in [0.05, 0.1) is 0 Å². The van der Waals surface area contributed by atoms with Crippen LogP contribution in [0.3, 0.4) is 0 Å². The Balaban J connectivity index is 0.000000561. The third kappa shape index (κ3) is 3.23. The Labute approximate surface area is 71.4 Å². The molecule has 1 rings (SSSR count). The number of carbonyl (C=O) groups excluding carboxylic acids is 1. The van der Waals surface area contributed by atoms with Gasteiger partial charge in [0.2, 0.25) is 5.95 Å². The number of rotatable bonds is 1. The van der Waals surface area contributed by atoms with Crippen LogP contribution in [-0.2, 0) is 0 Å². The van der Waals surface area contributed by atoms with Gasteiger partial charge in [0.1, 0.15) is 5.69 Å². The maximum absolute atomic E-state index is 12.3. The molecule has 0 radical (unpaired) electrons. The Hall–Kier alpha value is -1.25. The lowest BCUT2D eigenvalue weighted by Crippen LogP contribution is -1.97. The van der Waals surface area contributed by atoms with Gasteiger partial charge in [0.15, 0.2) is 5.78 Å². The normalized spacial score (nSPS) is 8.33. The van der Waals surface area contributed by atoms with Crippen molar-refractivity contribution in [2.45, 2.75) is 20.8 Å². The van der Waals surface area contributed by atoms with Crippen LogP contribution >= 0.6 is 0 Å². The molecule has 0 unspecified atom stereocenters. The van der Waals surface area contributed by atoms with Crippen LogP contribution in [0.5, 0.6) is 0 Å². The molecule has 3 heteroatoms. The highest BCUT2D eigenvalue weighted by molar-refractivity contribution is 5.91. The predicted molar refractivity (Wildman–Crippen MR) is 45.5 cm³/mol. The molecule has 0 N–H and O–H groups in total. The van der Waals surface area contributed by atoms with Crippen LogP contribution in [0, 0.1) is 5.95 Å². The first-order valence-corrected chi connectivity index (χ1v) is 3.83. The fourth-order valence-corrected chi connectivity index (χ4v) is 0.604. The summed E-state index contributed by atoms with van der Waals surface area (Å²) in [5, 5.41) is 0. The zero-order valence-electron chi connectivity index (χ0n) is 7.47. The number of nitrogens with zero attached hydrogens (tertiary/aromatic N) is 1. The van der Waals surface area contributed by atoms with E-state index in [1.807, 2.05) is 13.8 Å². The Bertz CT molecular complexity index is 260. The molecule has 1 heterocycles. The molecule has 0 amide bonds. The number of Topliss-reactive ketones (excluding diaryl/α,β-unsaturated/α-hetero) is 1. The number of ketones is 1. The molecule has 0 aliphatic rings. The first-order chi connectivity index (χ1) is 5.70. The summed E-state index contributed by atoms with van der Waals surface area (Å²) < 4.78 is 12.3. The van der Waals surface area contributed by atoms with Gasteiger partial charge in [0.25, 0.3) is 0 Å². The zero-order valence-corrected chi connectivity index (χ0v) is 7.47. The molecule has 0 bridgehead atoms. The van der Waals surface area contributed by atoms with Crippen molar-refractivity contribution in [3.8, 4) is 0 Å². The fourth-order valence-electron chi connectivity index (χ4n) is 0.604. The van der Waals surface area contributed by atoms with Crippen molar-refractivity contribution < 1.29 is 9.18 Å². The largest absolute Gasteiger partial charge is 0.293 e. The van der Waals surface area contributed by atoms with E-state index in [4.69, 9.17) is 0 Å². The van der Waals surface area contributed by atoms with Crippen molar-refractivity contribution in [1.29, 1.82) is 0 Å². The van der Waals surface area contributed by atoms with Crippen molar-refractivity contribution in [1.82, 2.24) is 4.98 Å². The van der Waals surface area contributed by atoms with Gasteiger partial charge >= 0.3 is 0 Å². The predicted octanol–water partition coefficient (Wildman–Crippen LogP) is 2.45. The number of hydrogen-bond acceptors (Lipinski definition) is 2. The van der Waals surface area contributed by atoms with E-state index in [2.05, 4.69) is 4.98 Å². The molecule has 0 aromatic carbocycles. The van der Waals surface area contributed by atoms with Crippen molar-refractivity contribution in [3.63, 3.8) is 0 Å². The van der Waals surface area contributed by atoms with Gasteiger partial charge in [-0.05, 0) is 12.1 Å². The van der Waals surface area contributed by atoms with Crippen molar-refractivity contribution in [3.05, 3.63) is 29.8 Å². The molecule has 0 fully saturated rings. The lowest BCUT2D eigenvalue weighted by atomic mass is 10.3. The highest BCUT2D eigenvalue weighted by Gasteiger charge is 1.99. The molecular formula is C9H12FNO. The van der Waals surface area contributed by atoms with Crippen LogP contribution in [0.2, 0.25) is 0 Å².